The molecule has 0 amide bonds. The maximum atomic E-state index is 11.2. The highest BCUT2D eigenvalue weighted by atomic mass is 16.5. The topological polar surface area (TPSA) is 74.2 Å². The van der Waals surface area contributed by atoms with Crippen LogP contribution in [0.25, 0.3) is 0 Å². The van der Waals surface area contributed by atoms with Crippen molar-refractivity contribution in [3.63, 3.8) is 0 Å². The Morgan fingerprint density at radius 1 is 0.677 bits per heavy atom. The van der Waals surface area contributed by atoms with Crippen molar-refractivity contribution < 1.29 is 28.8 Å². The largest absolute Gasteiger partial charge is 0.490 e. The van der Waals surface area contributed by atoms with Gasteiger partial charge in [0.25, 0.3) is 0 Å². The summed E-state index contributed by atoms with van der Waals surface area (Å²) in [5.74, 6) is 1.17. The minimum absolute atomic E-state index is 0.148. The van der Waals surface area contributed by atoms with Crippen LogP contribution in [0.4, 0.5) is 0 Å². The molecule has 0 aromatic heterocycles. The average Bonchev–Trinajstić information content (AvgIpc) is 2.78. The zero-order valence-electron chi connectivity index (χ0n) is 17.7. The molecule has 0 heterocycles. The molecule has 0 bridgehead atoms. The van der Waals surface area contributed by atoms with Gasteiger partial charge < -0.3 is 24.1 Å². The van der Waals surface area contributed by atoms with Crippen LogP contribution in [0.5, 0.6) is 23.0 Å². The Kier molecular flexibility index (Phi) is 7.76. The monoisotopic (exact) mass is 422 g/mol. The van der Waals surface area contributed by atoms with E-state index in [9.17, 15) is 9.90 Å². The van der Waals surface area contributed by atoms with Crippen molar-refractivity contribution in [3.05, 3.63) is 83.4 Å². The minimum Gasteiger partial charge on any atom is -0.490 e. The van der Waals surface area contributed by atoms with Crippen molar-refractivity contribution in [1.29, 1.82) is 0 Å². The highest BCUT2D eigenvalue weighted by Gasteiger charge is 2.12. The molecule has 0 aliphatic rings. The lowest BCUT2D eigenvalue weighted by Crippen LogP contribution is -2.04. The summed E-state index contributed by atoms with van der Waals surface area (Å²) in [5, 5.41) is 9.18. The standard InChI is InChI=1S/C25H26O6/c1-3-28-23-14-19(10-12-21(23)30-16-18-8-6-5-7-9-18)17-31-22-13-11-20(25(26)27)15-24(22)29-4-2/h5-15H,3-4,16-17H2,1-2H3,(H,26,27). The third kappa shape index (κ3) is 6.15. The van der Waals surface area contributed by atoms with Gasteiger partial charge >= 0.3 is 5.97 Å². The first kappa shape index (κ1) is 22.0. The zero-order valence-corrected chi connectivity index (χ0v) is 17.7. The van der Waals surface area contributed by atoms with Gasteiger partial charge in [-0.25, -0.2) is 4.79 Å². The molecule has 0 unspecified atom stereocenters. The molecule has 1 N–H and O–H groups in total. The molecule has 0 atom stereocenters. The van der Waals surface area contributed by atoms with Gasteiger partial charge in [0.1, 0.15) is 13.2 Å². The number of benzene rings is 3. The normalized spacial score (nSPS) is 10.4. The Hall–Kier alpha value is -3.67. The molecular weight excluding hydrogens is 396 g/mol. The van der Waals surface area contributed by atoms with Crippen LogP contribution in [0.1, 0.15) is 35.3 Å². The maximum Gasteiger partial charge on any atom is 0.335 e. The summed E-state index contributed by atoms with van der Waals surface area (Å²) in [4.78, 5) is 11.2. The van der Waals surface area contributed by atoms with Crippen LogP contribution in [-0.2, 0) is 13.2 Å². The number of carboxylic acid groups (broad SMARTS) is 1. The van der Waals surface area contributed by atoms with Crippen molar-refractivity contribution in [2.75, 3.05) is 13.2 Å². The van der Waals surface area contributed by atoms with Crippen LogP contribution in [-0.4, -0.2) is 24.3 Å². The van der Waals surface area contributed by atoms with Crippen molar-refractivity contribution in [2.45, 2.75) is 27.1 Å². The van der Waals surface area contributed by atoms with Crippen molar-refractivity contribution in [1.82, 2.24) is 0 Å². The van der Waals surface area contributed by atoms with Gasteiger partial charge in [-0.05, 0) is 55.3 Å². The Labute approximate surface area is 182 Å². The molecule has 3 aromatic carbocycles. The number of hydrogen-bond donors (Lipinski definition) is 1. The third-order valence-corrected chi connectivity index (χ3v) is 4.43. The highest BCUT2D eigenvalue weighted by Crippen LogP contribution is 2.32. The van der Waals surface area contributed by atoms with Gasteiger partial charge in [0.2, 0.25) is 0 Å². The van der Waals surface area contributed by atoms with E-state index in [1.807, 2.05) is 62.4 Å². The molecule has 6 nitrogen and oxygen atoms in total. The van der Waals surface area contributed by atoms with Crippen LogP contribution in [0.3, 0.4) is 0 Å². The van der Waals surface area contributed by atoms with Crippen LogP contribution in [0.15, 0.2) is 66.7 Å². The molecule has 3 rings (SSSR count). The lowest BCUT2D eigenvalue weighted by atomic mass is 10.2. The van der Waals surface area contributed by atoms with Crippen LogP contribution >= 0.6 is 0 Å². The molecular formula is C25H26O6. The molecule has 0 saturated heterocycles. The molecule has 0 aliphatic carbocycles. The summed E-state index contributed by atoms with van der Waals surface area (Å²) in [6.07, 6.45) is 0. The van der Waals surface area contributed by atoms with E-state index in [4.69, 9.17) is 18.9 Å². The molecule has 162 valence electrons. The Morgan fingerprint density at radius 2 is 1.26 bits per heavy atom. The van der Waals surface area contributed by atoms with Crippen LogP contribution < -0.4 is 18.9 Å². The Morgan fingerprint density at radius 3 is 1.87 bits per heavy atom. The van der Waals surface area contributed by atoms with E-state index in [-0.39, 0.29) is 12.2 Å². The van der Waals surface area contributed by atoms with E-state index >= 15 is 0 Å². The van der Waals surface area contributed by atoms with Gasteiger partial charge in [0.15, 0.2) is 23.0 Å². The van der Waals surface area contributed by atoms with Gasteiger partial charge in [-0.1, -0.05) is 36.4 Å². The number of hydrogen-bond acceptors (Lipinski definition) is 5. The molecule has 0 aliphatic heterocycles. The van der Waals surface area contributed by atoms with E-state index in [0.717, 1.165) is 11.1 Å². The van der Waals surface area contributed by atoms with E-state index in [1.165, 1.54) is 12.1 Å². The second kappa shape index (κ2) is 10.9. The fraction of sp³-hybridized carbons (Fsp3) is 0.240. The molecule has 0 radical (unpaired) electrons. The fourth-order valence-electron chi connectivity index (χ4n) is 2.95. The number of ether oxygens (including phenoxy) is 4. The number of carboxylic acids is 1. The van der Waals surface area contributed by atoms with E-state index in [2.05, 4.69) is 0 Å². The molecule has 6 heteroatoms. The summed E-state index contributed by atoms with van der Waals surface area (Å²) in [5.41, 5.74) is 2.11. The van der Waals surface area contributed by atoms with Gasteiger partial charge in [0, 0.05) is 0 Å². The molecule has 3 aromatic rings. The summed E-state index contributed by atoms with van der Waals surface area (Å²) in [6.45, 7) is 5.39. The van der Waals surface area contributed by atoms with Crippen LogP contribution in [0.2, 0.25) is 0 Å². The molecule has 31 heavy (non-hydrogen) atoms. The van der Waals surface area contributed by atoms with E-state index in [0.29, 0.717) is 42.8 Å². The first-order chi connectivity index (χ1) is 15.1. The summed E-state index contributed by atoms with van der Waals surface area (Å²) < 4.78 is 23.1. The third-order valence-electron chi connectivity index (χ3n) is 4.43. The lowest BCUT2D eigenvalue weighted by molar-refractivity contribution is 0.0696. The van der Waals surface area contributed by atoms with Gasteiger partial charge in [-0.3, -0.25) is 0 Å². The van der Waals surface area contributed by atoms with Crippen LogP contribution in [0, 0.1) is 0 Å². The van der Waals surface area contributed by atoms with Crippen molar-refractivity contribution in [2.24, 2.45) is 0 Å². The SMILES string of the molecule is CCOc1cc(COc2ccc(C(=O)O)cc2OCC)ccc1OCc1ccccc1. The predicted octanol–water partition coefficient (Wildman–Crippen LogP) is 5.34. The summed E-state index contributed by atoms with van der Waals surface area (Å²) in [6, 6.07) is 20.2. The first-order valence-electron chi connectivity index (χ1n) is 10.2. The average molecular weight is 422 g/mol. The summed E-state index contributed by atoms with van der Waals surface area (Å²) >= 11 is 0. The van der Waals surface area contributed by atoms with Gasteiger partial charge in [-0.2, -0.15) is 0 Å². The number of rotatable bonds is 11. The molecule has 0 fully saturated rings. The minimum atomic E-state index is -1.01. The first-order valence-corrected chi connectivity index (χ1v) is 10.2. The smallest absolute Gasteiger partial charge is 0.335 e. The maximum absolute atomic E-state index is 11.2. The molecule has 0 spiro atoms. The quantitative estimate of drug-likeness (QED) is 0.450. The molecule has 0 saturated carbocycles. The highest BCUT2D eigenvalue weighted by molar-refractivity contribution is 5.88. The fourth-order valence-corrected chi connectivity index (χ4v) is 2.95. The van der Waals surface area contributed by atoms with Gasteiger partial charge in [0.05, 0.1) is 18.8 Å². The number of aromatic carboxylic acids is 1. The lowest BCUT2D eigenvalue weighted by Gasteiger charge is -2.15. The summed E-state index contributed by atoms with van der Waals surface area (Å²) in [7, 11) is 0. The number of carbonyl (C=O) groups is 1. The second-order valence-electron chi connectivity index (χ2n) is 6.68. The zero-order chi connectivity index (χ0) is 22.1. The second-order valence-corrected chi connectivity index (χ2v) is 6.68. The van der Waals surface area contributed by atoms with Gasteiger partial charge in [-0.15, -0.1) is 0 Å². The Balaban J connectivity index is 1.71. The predicted molar refractivity (Wildman–Crippen MR) is 117 cm³/mol. The van der Waals surface area contributed by atoms with E-state index in [1.54, 1.807) is 6.07 Å². The van der Waals surface area contributed by atoms with E-state index < -0.39 is 5.97 Å². The van der Waals surface area contributed by atoms with Crippen molar-refractivity contribution in [3.8, 4) is 23.0 Å². The Bertz CT molecular complexity index is 1000. The van der Waals surface area contributed by atoms with Crippen molar-refractivity contribution >= 4 is 5.97 Å².